The Bertz CT molecular complexity index is 883. The van der Waals surface area contributed by atoms with Crippen LogP contribution < -0.4 is 5.32 Å². The molecule has 146 valence electrons. The first-order valence-corrected chi connectivity index (χ1v) is 11.2. The summed E-state index contributed by atoms with van der Waals surface area (Å²) in [6, 6.07) is 7.99. The summed E-state index contributed by atoms with van der Waals surface area (Å²) in [5, 5.41) is 5.53. The predicted molar refractivity (Wildman–Crippen MR) is 110 cm³/mol. The lowest BCUT2D eigenvalue weighted by atomic mass is 9.70. The summed E-state index contributed by atoms with van der Waals surface area (Å²) in [4.78, 5) is 33.6. The van der Waals surface area contributed by atoms with Crippen LogP contribution in [0.3, 0.4) is 0 Å². The second-order valence-electron chi connectivity index (χ2n) is 8.27. The third kappa shape index (κ3) is 2.69. The fourth-order valence-corrected chi connectivity index (χ4v) is 6.29. The van der Waals surface area contributed by atoms with Crippen LogP contribution in [0.2, 0.25) is 0 Å². The van der Waals surface area contributed by atoms with Crippen molar-refractivity contribution in [3.63, 3.8) is 0 Å². The van der Waals surface area contributed by atoms with E-state index in [1.807, 2.05) is 29.6 Å². The van der Waals surface area contributed by atoms with Gasteiger partial charge < -0.3 is 10.2 Å². The zero-order chi connectivity index (χ0) is 19.1. The Morgan fingerprint density at radius 3 is 2.61 bits per heavy atom. The van der Waals surface area contributed by atoms with Gasteiger partial charge in [-0.2, -0.15) is 0 Å². The van der Waals surface area contributed by atoms with Crippen LogP contribution >= 0.6 is 11.3 Å². The first kappa shape index (κ1) is 17.9. The van der Waals surface area contributed by atoms with Gasteiger partial charge in [0.25, 0.3) is 5.91 Å². The second-order valence-corrected chi connectivity index (χ2v) is 9.17. The number of amides is 2. The van der Waals surface area contributed by atoms with Crippen LogP contribution in [0.15, 0.2) is 35.8 Å². The van der Waals surface area contributed by atoms with Gasteiger partial charge in [0.1, 0.15) is 0 Å². The Balaban J connectivity index is 1.64. The van der Waals surface area contributed by atoms with Crippen molar-refractivity contribution in [3.05, 3.63) is 47.0 Å². The van der Waals surface area contributed by atoms with Crippen LogP contribution in [-0.4, -0.2) is 33.3 Å². The summed E-state index contributed by atoms with van der Waals surface area (Å²) in [5.41, 5.74) is 1.19. The van der Waals surface area contributed by atoms with Gasteiger partial charge in [0, 0.05) is 23.2 Å². The fourth-order valence-electron chi connectivity index (χ4n) is 5.76. The van der Waals surface area contributed by atoms with Gasteiger partial charge in [-0.05, 0) is 37.3 Å². The molecule has 0 saturated heterocycles. The van der Waals surface area contributed by atoms with Crippen LogP contribution in [0.4, 0.5) is 5.13 Å². The highest BCUT2D eigenvalue weighted by Gasteiger charge is 2.57. The van der Waals surface area contributed by atoms with Crippen molar-refractivity contribution < 1.29 is 9.59 Å². The molecule has 0 radical (unpaired) electrons. The van der Waals surface area contributed by atoms with Gasteiger partial charge >= 0.3 is 0 Å². The first-order valence-electron chi connectivity index (χ1n) is 10.3. The Morgan fingerprint density at radius 2 is 1.89 bits per heavy atom. The third-order valence-corrected chi connectivity index (χ3v) is 7.51. The summed E-state index contributed by atoms with van der Waals surface area (Å²) in [7, 11) is 0. The van der Waals surface area contributed by atoms with E-state index in [0.29, 0.717) is 10.7 Å². The highest BCUT2D eigenvalue weighted by Crippen LogP contribution is 2.52. The molecule has 1 aromatic heterocycles. The minimum Gasteiger partial charge on any atom is -0.329 e. The number of nitrogens with zero attached hydrogens (tertiary/aromatic N) is 2. The molecular weight excluding hydrogens is 370 g/mol. The van der Waals surface area contributed by atoms with E-state index in [-0.39, 0.29) is 23.8 Å². The van der Waals surface area contributed by atoms with Gasteiger partial charge in [0.2, 0.25) is 5.91 Å². The monoisotopic (exact) mass is 395 g/mol. The fraction of sp³-hybridized carbons (Fsp3) is 0.500. The van der Waals surface area contributed by atoms with E-state index in [1.54, 1.807) is 6.20 Å². The molecule has 2 saturated carbocycles. The number of anilines is 1. The molecule has 5 nitrogen and oxygen atoms in total. The molecule has 2 heterocycles. The van der Waals surface area contributed by atoms with E-state index < -0.39 is 5.54 Å². The van der Waals surface area contributed by atoms with Crippen LogP contribution in [0.5, 0.6) is 0 Å². The summed E-state index contributed by atoms with van der Waals surface area (Å²) in [6.07, 6.45) is 10.1. The van der Waals surface area contributed by atoms with Crippen molar-refractivity contribution in [2.75, 3.05) is 5.32 Å². The summed E-state index contributed by atoms with van der Waals surface area (Å²) in [6.45, 7) is 0. The smallest absolute Gasteiger partial charge is 0.254 e. The van der Waals surface area contributed by atoms with E-state index >= 15 is 0 Å². The van der Waals surface area contributed by atoms with Gasteiger partial charge in [-0.3, -0.25) is 9.59 Å². The van der Waals surface area contributed by atoms with Crippen LogP contribution in [0, 0.1) is 0 Å². The first-order chi connectivity index (χ1) is 13.7. The zero-order valence-electron chi connectivity index (χ0n) is 15.9. The maximum atomic E-state index is 13.6. The molecule has 2 aromatic rings. The Hall–Kier alpha value is -2.21. The molecule has 1 aliphatic heterocycles. The molecule has 2 amide bonds. The van der Waals surface area contributed by atoms with Crippen molar-refractivity contribution >= 4 is 28.3 Å². The molecule has 1 aromatic carbocycles. The number of carbonyl (C=O) groups is 2. The average molecular weight is 396 g/mol. The number of thiazole rings is 1. The topological polar surface area (TPSA) is 62.3 Å². The van der Waals surface area contributed by atoms with Gasteiger partial charge in [0.05, 0.1) is 11.5 Å². The molecule has 1 N–H and O–H groups in total. The van der Waals surface area contributed by atoms with E-state index in [2.05, 4.69) is 15.2 Å². The van der Waals surface area contributed by atoms with Crippen molar-refractivity contribution in [1.29, 1.82) is 0 Å². The summed E-state index contributed by atoms with van der Waals surface area (Å²) in [5.74, 6) is -0.240. The maximum Gasteiger partial charge on any atom is 0.254 e. The van der Waals surface area contributed by atoms with Crippen LogP contribution in [0.25, 0.3) is 0 Å². The van der Waals surface area contributed by atoms with E-state index in [1.165, 1.54) is 24.2 Å². The number of nitrogens with one attached hydrogen (secondary N) is 1. The minimum absolute atomic E-state index is 0.0280. The molecule has 3 aliphatic rings. The van der Waals surface area contributed by atoms with Crippen LogP contribution in [-0.2, 0) is 4.79 Å². The number of benzene rings is 1. The van der Waals surface area contributed by atoms with Gasteiger partial charge in [-0.15, -0.1) is 11.3 Å². The molecule has 1 spiro atoms. The lowest BCUT2D eigenvalue weighted by molar-refractivity contribution is -0.121. The highest BCUT2D eigenvalue weighted by atomic mass is 32.1. The SMILES string of the molecule is O=C(Nc1nccs1)[C@@H]1c2ccccc2C(=O)N(C2CCCC2)C12CCCC2. The number of hydrogen-bond acceptors (Lipinski definition) is 4. The lowest BCUT2D eigenvalue weighted by Crippen LogP contribution is -2.62. The van der Waals surface area contributed by atoms with Crippen molar-refractivity contribution in [1.82, 2.24) is 9.88 Å². The molecule has 2 aliphatic carbocycles. The molecular formula is C22H25N3O2S. The lowest BCUT2D eigenvalue weighted by Gasteiger charge is -2.52. The standard InChI is InChI=1S/C22H25N3O2S/c26-19(24-21-23-13-14-28-21)18-16-9-3-4-10-17(16)20(27)25(15-7-1-2-8-15)22(18)11-5-6-12-22/h3-4,9-10,13-15,18H,1-2,5-8,11-12H2,(H,23,24,26)/t18-/m0/s1. The molecule has 1 atom stereocenters. The molecule has 0 unspecified atom stereocenters. The predicted octanol–water partition coefficient (Wildman–Crippen LogP) is 4.58. The second kappa shape index (κ2) is 6.99. The molecule has 28 heavy (non-hydrogen) atoms. The number of carbonyl (C=O) groups excluding carboxylic acids is 2. The number of aromatic nitrogens is 1. The minimum atomic E-state index is -0.401. The Kier molecular flexibility index (Phi) is 4.46. The van der Waals surface area contributed by atoms with Crippen molar-refractivity contribution in [3.8, 4) is 0 Å². The number of fused-ring (bicyclic) bond motifs is 1. The van der Waals surface area contributed by atoms with Gasteiger partial charge in [-0.1, -0.05) is 43.9 Å². The quantitative estimate of drug-likeness (QED) is 0.828. The molecule has 6 heteroatoms. The zero-order valence-corrected chi connectivity index (χ0v) is 16.7. The number of rotatable bonds is 3. The average Bonchev–Trinajstić information content (AvgIpc) is 3.46. The molecule has 5 rings (SSSR count). The van der Waals surface area contributed by atoms with E-state index in [0.717, 1.165) is 44.1 Å². The molecule has 2 fully saturated rings. The third-order valence-electron chi connectivity index (χ3n) is 6.82. The van der Waals surface area contributed by atoms with Gasteiger partial charge in [0.15, 0.2) is 5.13 Å². The van der Waals surface area contributed by atoms with Crippen molar-refractivity contribution in [2.45, 2.75) is 68.9 Å². The van der Waals surface area contributed by atoms with E-state index in [4.69, 9.17) is 0 Å². The summed E-state index contributed by atoms with van der Waals surface area (Å²) < 4.78 is 0. The normalized spacial score (nSPS) is 23.9. The van der Waals surface area contributed by atoms with E-state index in [9.17, 15) is 9.59 Å². The van der Waals surface area contributed by atoms with Gasteiger partial charge in [-0.25, -0.2) is 4.98 Å². The largest absolute Gasteiger partial charge is 0.329 e. The van der Waals surface area contributed by atoms with Crippen LogP contribution in [0.1, 0.15) is 73.2 Å². The Morgan fingerprint density at radius 1 is 1.14 bits per heavy atom. The Labute approximate surface area is 169 Å². The molecule has 0 bridgehead atoms. The summed E-state index contributed by atoms with van der Waals surface area (Å²) >= 11 is 1.43. The maximum absolute atomic E-state index is 13.6. The highest BCUT2D eigenvalue weighted by molar-refractivity contribution is 7.13. The van der Waals surface area contributed by atoms with Crippen molar-refractivity contribution in [2.24, 2.45) is 0 Å². The number of hydrogen-bond donors (Lipinski definition) is 1.